The second kappa shape index (κ2) is 7.86. The van der Waals surface area contributed by atoms with E-state index in [1.807, 2.05) is 22.9 Å². The van der Waals surface area contributed by atoms with E-state index in [0.29, 0.717) is 22.2 Å². The summed E-state index contributed by atoms with van der Waals surface area (Å²) in [5.41, 5.74) is 1.22. The first-order valence-electron chi connectivity index (χ1n) is 7.30. The molecular formula is C17H15ClN2O3S2. The van der Waals surface area contributed by atoms with Crippen LogP contribution in [0.5, 0.6) is 11.5 Å². The molecule has 0 saturated carbocycles. The number of hydrogen-bond acceptors (Lipinski definition) is 6. The van der Waals surface area contributed by atoms with Crippen LogP contribution in [0.4, 0.5) is 5.69 Å². The van der Waals surface area contributed by atoms with Crippen LogP contribution in [0.15, 0.2) is 35.0 Å². The number of methoxy groups -OCH3 is 2. The maximum Gasteiger partial charge on any atom is 0.230 e. The van der Waals surface area contributed by atoms with Gasteiger partial charge in [0.05, 0.1) is 41.9 Å². The maximum atomic E-state index is 12.3. The number of hydrogen-bond donors (Lipinski definition) is 1. The van der Waals surface area contributed by atoms with Gasteiger partial charge in [-0.1, -0.05) is 17.7 Å². The minimum Gasteiger partial charge on any atom is -0.495 e. The van der Waals surface area contributed by atoms with Crippen molar-refractivity contribution in [3.63, 3.8) is 0 Å². The maximum absolute atomic E-state index is 12.3. The summed E-state index contributed by atoms with van der Waals surface area (Å²) in [5, 5.41) is 8.02. The molecule has 0 aliphatic carbocycles. The standard InChI is InChI=1S/C17H15ClN2O3S2/c1-22-13-8-14(23-2)12(7-11(13)18)20-16(21)6-10-9-25-17(19-10)15-4-3-5-24-15/h3-5,7-9H,6H2,1-2H3,(H,20,21). The van der Waals surface area contributed by atoms with Crippen LogP contribution < -0.4 is 14.8 Å². The monoisotopic (exact) mass is 394 g/mol. The zero-order valence-electron chi connectivity index (χ0n) is 13.5. The van der Waals surface area contributed by atoms with Crippen LogP contribution in [0.2, 0.25) is 5.02 Å². The van der Waals surface area contributed by atoms with Gasteiger partial charge in [-0.05, 0) is 17.5 Å². The molecule has 2 aromatic heterocycles. The Hall–Kier alpha value is -2.09. The topological polar surface area (TPSA) is 60.5 Å². The van der Waals surface area contributed by atoms with Gasteiger partial charge >= 0.3 is 0 Å². The lowest BCUT2D eigenvalue weighted by Crippen LogP contribution is -2.15. The number of carbonyl (C=O) groups excluding carboxylic acids is 1. The predicted octanol–water partition coefficient (Wildman–Crippen LogP) is 4.72. The molecule has 0 unspecified atom stereocenters. The number of halogens is 1. The van der Waals surface area contributed by atoms with Gasteiger partial charge in [0.1, 0.15) is 16.5 Å². The van der Waals surface area contributed by atoms with E-state index in [9.17, 15) is 4.79 Å². The van der Waals surface area contributed by atoms with Crippen LogP contribution in [-0.4, -0.2) is 25.1 Å². The van der Waals surface area contributed by atoms with E-state index < -0.39 is 0 Å². The largest absolute Gasteiger partial charge is 0.495 e. The first-order chi connectivity index (χ1) is 12.1. The van der Waals surface area contributed by atoms with Gasteiger partial charge in [0.15, 0.2) is 0 Å². The zero-order chi connectivity index (χ0) is 17.8. The molecule has 0 fully saturated rings. The molecule has 1 N–H and O–H groups in total. The highest BCUT2D eigenvalue weighted by atomic mass is 35.5. The number of aromatic nitrogens is 1. The van der Waals surface area contributed by atoms with Crippen molar-refractivity contribution in [2.75, 3.05) is 19.5 Å². The van der Waals surface area contributed by atoms with E-state index >= 15 is 0 Å². The SMILES string of the molecule is COc1cc(OC)c(NC(=O)Cc2csc(-c3cccs3)n2)cc1Cl. The second-order valence-corrected chi connectivity index (χ2v) is 7.25. The minimum absolute atomic E-state index is 0.175. The molecule has 1 aromatic carbocycles. The van der Waals surface area contributed by atoms with E-state index in [0.717, 1.165) is 15.6 Å². The van der Waals surface area contributed by atoms with E-state index in [4.69, 9.17) is 21.1 Å². The average Bonchev–Trinajstić information content (AvgIpc) is 3.26. The third-order valence-electron chi connectivity index (χ3n) is 3.37. The quantitative estimate of drug-likeness (QED) is 0.656. The van der Waals surface area contributed by atoms with E-state index in [1.165, 1.54) is 25.6 Å². The van der Waals surface area contributed by atoms with Crippen LogP contribution >= 0.6 is 34.3 Å². The molecular weight excluding hydrogens is 380 g/mol. The summed E-state index contributed by atoms with van der Waals surface area (Å²) in [5.74, 6) is 0.770. The fourth-order valence-corrected chi connectivity index (χ4v) is 4.09. The molecule has 1 amide bonds. The zero-order valence-corrected chi connectivity index (χ0v) is 15.9. The molecule has 0 saturated heterocycles. The van der Waals surface area contributed by atoms with Crippen LogP contribution in [0.25, 0.3) is 9.88 Å². The Balaban J connectivity index is 1.72. The Morgan fingerprint density at radius 2 is 2.04 bits per heavy atom. The Bertz CT molecular complexity index is 878. The number of benzene rings is 1. The molecule has 0 aliphatic rings. The van der Waals surface area contributed by atoms with Gasteiger partial charge in [-0.15, -0.1) is 22.7 Å². The van der Waals surface area contributed by atoms with Gasteiger partial charge in [-0.2, -0.15) is 0 Å². The summed E-state index contributed by atoms with van der Waals surface area (Å²) in [6, 6.07) is 7.23. The molecule has 0 aliphatic heterocycles. The van der Waals surface area contributed by atoms with E-state index in [1.54, 1.807) is 23.5 Å². The summed E-state index contributed by atoms with van der Waals surface area (Å²) in [4.78, 5) is 17.9. The van der Waals surface area contributed by atoms with Gasteiger partial charge in [0, 0.05) is 11.4 Å². The average molecular weight is 395 g/mol. The number of ether oxygens (including phenoxy) is 2. The van der Waals surface area contributed by atoms with Crippen molar-refractivity contribution >= 4 is 45.9 Å². The van der Waals surface area contributed by atoms with Gasteiger partial charge in [-0.3, -0.25) is 4.79 Å². The second-order valence-electron chi connectivity index (χ2n) is 5.03. The first kappa shape index (κ1) is 17.7. The van der Waals surface area contributed by atoms with Crippen molar-refractivity contribution in [2.45, 2.75) is 6.42 Å². The lowest BCUT2D eigenvalue weighted by atomic mass is 10.2. The normalized spacial score (nSPS) is 10.5. The lowest BCUT2D eigenvalue weighted by molar-refractivity contribution is -0.115. The third kappa shape index (κ3) is 4.12. The van der Waals surface area contributed by atoms with Crippen molar-refractivity contribution in [1.29, 1.82) is 0 Å². The molecule has 0 bridgehead atoms. The fourth-order valence-electron chi connectivity index (χ4n) is 2.22. The highest BCUT2D eigenvalue weighted by molar-refractivity contribution is 7.20. The van der Waals surface area contributed by atoms with Gasteiger partial charge in [0.25, 0.3) is 0 Å². The van der Waals surface area contributed by atoms with E-state index in [2.05, 4.69) is 10.3 Å². The molecule has 0 atom stereocenters. The number of rotatable bonds is 6. The fraction of sp³-hybridized carbons (Fsp3) is 0.176. The molecule has 3 rings (SSSR count). The molecule has 2 heterocycles. The highest BCUT2D eigenvalue weighted by Crippen LogP contribution is 2.36. The van der Waals surface area contributed by atoms with Crippen LogP contribution in [0.1, 0.15) is 5.69 Å². The highest BCUT2D eigenvalue weighted by Gasteiger charge is 2.14. The van der Waals surface area contributed by atoms with E-state index in [-0.39, 0.29) is 12.3 Å². The summed E-state index contributed by atoms with van der Waals surface area (Å²) < 4.78 is 10.4. The Labute approximate surface area is 158 Å². The molecule has 5 nitrogen and oxygen atoms in total. The Morgan fingerprint density at radius 1 is 1.24 bits per heavy atom. The molecule has 130 valence electrons. The summed E-state index contributed by atoms with van der Waals surface area (Å²) in [6.07, 6.45) is 0.175. The van der Waals surface area contributed by atoms with Crippen molar-refractivity contribution in [3.8, 4) is 21.4 Å². The smallest absolute Gasteiger partial charge is 0.230 e. The number of nitrogens with one attached hydrogen (secondary N) is 1. The van der Waals surface area contributed by atoms with Crippen molar-refractivity contribution in [1.82, 2.24) is 4.98 Å². The number of nitrogens with zero attached hydrogens (tertiary/aromatic N) is 1. The summed E-state index contributed by atoms with van der Waals surface area (Å²) in [7, 11) is 3.04. The predicted molar refractivity (Wildman–Crippen MR) is 102 cm³/mol. The molecule has 0 spiro atoms. The Kier molecular flexibility index (Phi) is 5.57. The molecule has 3 aromatic rings. The van der Waals surface area contributed by atoms with Crippen molar-refractivity contribution < 1.29 is 14.3 Å². The Morgan fingerprint density at radius 3 is 2.72 bits per heavy atom. The van der Waals surface area contributed by atoms with Crippen LogP contribution in [0, 0.1) is 0 Å². The van der Waals surface area contributed by atoms with Crippen LogP contribution in [0.3, 0.4) is 0 Å². The number of amides is 1. The summed E-state index contributed by atoms with van der Waals surface area (Å²) in [6.45, 7) is 0. The first-order valence-corrected chi connectivity index (χ1v) is 9.44. The number of anilines is 1. The lowest BCUT2D eigenvalue weighted by Gasteiger charge is -2.12. The molecule has 8 heteroatoms. The number of thiazole rings is 1. The van der Waals surface area contributed by atoms with Crippen LogP contribution in [-0.2, 0) is 11.2 Å². The van der Waals surface area contributed by atoms with Crippen molar-refractivity contribution in [3.05, 3.63) is 45.7 Å². The minimum atomic E-state index is -0.192. The van der Waals surface area contributed by atoms with Crippen molar-refractivity contribution in [2.24, 2.45) is 0 Å². The number of thiophene rings is 1. The van der Waals surface area contributed by atoms with Gasteiger partial charge in [-0.25, -0.2) is 4.98 Å². The third-order valence-corrected chi connectivity index (χ3v) is 5.60. The van der Waals surface area contributed by atoms with Gasteiger partial charge in [0.2, 0.25) is 5.91 Å². The number of carbonyl (C=O) groups is 1. The molecule has 0 radical (unpaired) electrons. The molecule has 25 heavy (non-hydrogen) atoms. The summed E-state index contributed by atoms with van der Waals surface area (Å²) >= 11 is 9.27. The van der Waals surface area contributed by atoms with Gasteiger partial charge < -0.3 is 14.8 Å².